The molecule has 0 bridgehead atoms. The molecule has 0 fully saturated rings. The zero-order valence-corrected chi connectivity index (χ0v) is 8.72. The molecular weight excluding hydrogens is 186 g/mol. The number of hydrogen-bond acceptors (Lipinski definition) is 1. The van der Waals surface area contributed by atoms with Crippen LogP contribution in [0.25, 0.3) is 0 Å². The van der Waals surface area contributed by atoms with Gasteiger partial charge in [-0.25, -0.2) is 0 Å². The first kappa shape index (κ1) is 9.03. The largest absolute Gasteiger partial charge is 0.371 e. The van der Waals surface area contributed by atoms with E-state index in [1.54, 1.807) is 0 Å². The lowest BCUT2D eigenvalue weighted by Crippen LogP contribution is -2.10. The maximum absolute atomic E-state index is 3.58. The van der Waals surface area contributed by atoms with Gasteiger partial charge in [-0.3, -0.25) is 0 Å². The van der Waals surface area contributed by atoms with Crippen molar-refractivity contribution in [3.63, 3.8) is 0 Å². The summed E-state index contributed by atoms with van der Waals surface area (Å²) in [5.74, 6) is 0. The van der Waals surface area contributed by atoms with Crippen LogP contribution in [0.2, 0.25) is 0 Å². The van der Waals surface area contributed by atoms with Crippen LogP contribution in [0, 0.1) is 0 Å². The van der Waals surface area contributed by atoms with Gasteiger partial charge in [-0.15, -0.1) is 0 Å². The molecule has 3 radical (unpaired) electrons. The van der Waals surface area contributed by atoms with E-state index in [9.17, 15) is 0 Å². The Morgan fingerprint density at radius 1 is 0.643 bits per heavy atom. The Morgan fingerprint density at radius 3 is 1.36 bits per heavy atom. The lowest BCUT2D eigenvalue weighted by molar-refractivity contribution is 1.41. The molecule has 0 saturated carbocycles. The highest BCUT2D eigenvalue weighted by Crippen LogP contribution is 2.21. The standard InChI is InChI=1S/C12H10NSi/c14-13(11-7-3-1-4-8-11)12-9-5-2-6-10-12/h1-10H. The van der Waals surface area contributed by atoms with Crippen LogP contribution in [0.3, 0.4) is 0 Å². The van der Waals surface area contributed by atoms with Crippen molar-refractivity contribution >= 4 is 21.8 Å². The van der Waals surface area contributed by atoms with Crippen LogP contribution in [-0.4, -0.2) is 10.4 Å². The highest BCUT2D eigenvalue weighted by Gasteiger charge is 2.00. The second kappa shape index (κ2) is 4.11. The van der Waals surface area contributed by atoms with Crippen molar-refractivity contribution in [2.45, 2.75) is 0 Å². The van der Waals surface area contributed by atoms with Crippen LogP contribution in [0.15, 0.2) is 60.7 Å². The Labute approximate surface area is 87.5 Å². The van der Waals surface area contributed by atoms with Crippen molar-refractivity contribution in [2.75, 3.05) is 4.57 Å². The molecule has 0 aliphatic heterocycles. The van der Waals surface area contributed by atoms with Crippen LogP contribution in [-0.2, 0) is 0 Å². The van der Waals surface area contributed by atoms with Gasteiger partial charge in [0.25, 0.3) is 0 Å². The summed E-state index contributed by atoms with van der Waals surface area (Å²) >= 11 is 0. The van der Waals surface area contributed by atoms with Crippen LogP contribution in [0.4, 0.5) is 11.4 Å². The molecule has 67 valence electrons. The van der Waals surface area contributed by atoms with E-state index in [0.717, 1.165) is 11.4 Å². The summed E-state index contributed by atoms with van der Waals surface area (Å²) in [5.41, 5.74) is 2.24. The third-order valence-electron chi connectivity index (χ3n) is 2.03. The third kappa shape index (κ3) is 1.85. The van der Waals surface area contributed by atoms with E-state index < -0.39 is 0 Å². The quantitative estimate of drug-likeness (QED) is 0.668. The van der Waals surface area contributed by atoms with Gasteiger partial charge in [-0.05, 0) is 24.3 Å². The van der Waals surface area contributed by atoms with Gasteiger partial charge in [0.15, 0.2) is 10.4 Å². The Kier molecular flexibility index (Phi) is 2.65. The zero-order chi connectivity index (χ0) is 9.80. The van der Waals surface area contributed by atoms with Crippen LogP contribution >= 0.6 is 0 Å². The van der Waals surface area contributed by atoms with E-state index in [2.05, 4.69) is 34.7 Å². The van der Waals surface area contributed by atoms with Crippen molar-refractivity contribution in [1.82, 2.24) is 0 Å². The fourth-order valence-electron chi connectivity index (χ4n) is 1.30. The van der Waals surface area contributed by atoms with Crippen LogP contribution < -0.4 is 4.57 Å². The molecule has 0 aliphatic rings. The van der Waals surface area contributed by atoms with E-state index in [1.165, 1.54) is 0 Å². The average molecular weight is 196 g/mol. The van der Waals surface area contributed by atoms with E-state index in [-0.39, 0.29) is 0 Å². The summed E-state index contributed by atoms with van der Waals surface area (Å²) in [5, 5.41) is 0. The van der Waals surface area contributed by atoms with Gasteiger partial charge in [-0.1, -0.05) is 36.4 Å². The van der Waals surface area contributed by atoms with E-state index in [0.29, 0.717) is 0 Å². The van der Waals surface area contributed by atoms with E-state index in [1.807, 2.05) is 41.0 Å². The molecule has 0 aromatic heterocycles. The summed E-state index contributed by atoms with van der Waals surface area (Å²) < 4.78 is 1.97. The summed E-state index contributed by atoms with van der Waals surface area (Å²) in [6.45, 7) is 0. The number of hydrogen-bond donors (Lipinski definition) is 0. The number of nitrogens with zero attached hydrogens (tertiary/aromatic N) is 1. The number of rotatable bonds is 2. The fourth-order valence-corrected chi connectivity index (χ4v) is 1.60. The normalized spacial score (nSPS) is 9.79. The van der Waals surface area contributed by atoms with Gasteiger partial charge in [0.05, 0.1) is 0 Å². The first-order valence-corrected chi connectivity index (χ1v) is 4.94. The number of benzene rings is 2. The monoisotopic (exact) mass is 196 g/mol. The predicted molar refractivity (Wildman–Crippen MR) is 60.8 cm³/mol. The minimum Gasteiger partial charge on any atom is -0.371 e. The minimum atomic E-state index is 1.12. The summed E-state index contributed by atoms with van der Waals surface area (Å²) in [4.78, 5) is 0. The van der Waals surface area contributed by atoms with Crippen LogP contribution in [0.1, 0.15) is 0 Å². The molecular formula is C12H10NSi. The van der Waals surface area contributed by atoms with Gasteiger partial charge in [0, 0.05) is 11.4 Å². The average Bonchev–Trinajstić information content (AvgIpc) is 2.30. The smallest absolute Gasteiger partial charge is 0.196 e. The van der Waals surface area contributed by atoms with Crippen LogP contribution in [0.5, 0.6) is 0 Å². The first-order valence-electron chi connectivity index (χ1n) is 4.49. The molecule has 14 heavy (non-hydrogen) atoms. The van der Waals surface area contributed by atoms with Gasteiger partial charge < -0.3 is 4.57 Å². The molecule has 0 heterocycles. The number of anilines is 2. The van der Waals surface area contributed by atoms with Crippen molar-refractivity contribution < 1.29 is 0 Å². The molecule has 0 N–H and O–H groups in total. The zero-order valence-electron chi connectivity index (χ0n) is 7.72. The lowest BCUT2D eigenvalue weighted by Gasteiger charge is -2.18. The fraction of sp³-hybridized carbons (Fsp3) is 0. The van der Waals surface area contributed by atoms with Crippen molar-refractivity contribution in [3.8, 4) is 0 Å². The molecule has 2 aromatic carbocycles. The van der Waals surface area contributed by atoms with E-state index in [4.69, 9.17) is 0 Å². The lowest BCUT2D eigenvalue weighted by atomic mass is 10.3. The first-order chi connectivity index (χ1) is 6.88. The Bertz CT molecular complexity index is 346. The van der Waals surface area contributed by atoms with Gasteiger partial charge in [0.2, 0.25) is 0 Å². The molecule has 0 saturated heterocycles. The highest BCUT2D eigenvalue weighted by molar-refractivity contribution is 6.22. The molecule has 0 amide bonds. The summed E-state index contributed by atoms with van der Waals surface area (Å²) in [6, 6.07) is 20.3. The second-order valence-electron chi connectivity index (χ2n) is 3.01. The molecule has 0 aliphatic carbocycles. The molecule has 2 aromatic rings. The maximum atomic E-state index is 3.58. The predicted octanol–water partition coefficient (Wildman–Crippen LogP) is 2.91. The van der Waals surface area contributed by atoms with Gasteiger partial charge in [-0.2, -0.15) is 0 Å². The van der Waals surface area contributed by atoms with Crippen molar-refractivity contribution in [3.05, 3.63) is 60.7 Å². The SMILES string of the molecule is [Si]N(c1ccccc1)c1ccccc1. The Balaban J connectivity index is 2.30. The van der Waals surface area contributed by atoms with Gasteiger partial charge in [0.1, 0.15) is 0 Å². The molecule has 1 nitrogen and oxygen atoms in total. The molecule has 0 atom stereocenters. The molecule has 0 unspecified atom stereocenters. The molecule has 2 rings (SSSR count). The summed E-state index contributed by atoms with van der Waals surface area (Å²) in [6.07, 6.45) is 0. The Hall–Kier alpha value is -1.54. The Morgan fingerprint density at radius 2 is 1.00 bits per heavy atom. The third-order valence-corrected chi connectivity index (χ3v) is 2.55. The van der Waals surface area contributed by atoms with E-state index >= 15 is 0 Å². The van der Waals surface area contributed by atoms with Crippen molar-refractivity contribution in [1.29, 1.82) is 0 Å². The summed E-state index contributed by atoms with van der Waals surface area (Å²) in [7, 11) is 3.58. The molecule has 0 spiro atoms. The van der Waals surface area contributed by atoms with Gasteiger partial charge >= 0.3 is 0 Å². The minimum absolute atomic E-state index is 1.12. The highest BCUT2D eigenvalue weighted by atomic mass is 28.2. The van der Waals surface area contributed by atoms with Crippen molar-refractivity contribution in [2.24, 2.45) is 0 Å². The topological polar surface area (TPSA) is 3.24 Å². The molecule has 2 heteroatoms. The number of para-hydroxylation sites is 2. The second-order valence-corrected chi connectivity index (χ2v) is 3.45. The maximum Gasteiger partial charge on any atom is 0.196 e.